The molecule has 3 aliphatic rings. The Kier molecular flexibility index (Phi) is 6.46. The topological polar surface area (TPSA) is 126 Å². The van der Waals surface area contributed by atoms with Crippen LogP contribution in [0.5, 0.6) is 0 Å². The molecule has 6 rings (SSSR count). The number of imide groups is 2. The number of hydrogen-bond donors (Lipinski definition) is 2. The van der Waals surface area contributed by atoms with Gasteiger partial charge in [-0.3, -0.25) is 39.1 Å². The van der Waals surface area contributed by atoms with Crippen molar-refractivity contribution in [2.24, 2.45) is 5.92 Å². The zero-order valence-electron chi connectivity index (χ0n) is 21.7. The molecule has 2 aromatic heterocycles. The minimum absolute atomic E-state index is 0.103. The second-order valence-corrected chi connectivity index (χ2v) is 10.6. The van der Waals surface area contributed by atoms with Gasteiger partial charge in [0.25, 0.3) is 11.8 Å². The minimum Gasteiger partial charge on any atom is -0.385 e. The van der Waals surface area contributed by atoms with Gasteiger partial charge in [0.2, 0.25) is 11.8 Å². The van der Waals surface area contributed by atoms with Crippen molar-refractivity contribution in [1.82, 2.24) is 25.0 Å². The Hall–Kier alpha value is -4.34. The van der Waals surface area contributed by atoms with Gasteiger partial charge in [-0.05, 0) is 75.3 Å². The van der Waals surface area contributed by atoms with Gasteiger partial charge in [0, 0.05) is 36.1 Å². The molecule has 1 atom stereocenters. The summed E-state index contributed by atoms with van der Waals surface area (Å²) in [6.07, 6.45) is 8.52. The molecule has 0 bridgehead atoms. The summed E-state index contributed by atoms with van der Waals surface area (Å²) in [5.41, 5.74) is 4.32. The average molecular weight is 527 g/mol. The Morgan fingerprint density at radius 2 is 1.87 bits per heavy atom. The molecule has 1 saturated heterocycles. The lowest BCUT2D eigenvalue weighted by atomic mass is 9.77. The highest BCUT2D eigenvalue weighted by Gasteiger charge is 2.44. The number of benzene rings is 1. The zero-order chi connectivity index (χ0) is 27.1. The Bertz CT molecular complexity index is 1470. The third-order valence-corrected chi connectivity index (χ3v) is 7.93. The fourth-order valence-electron chi connectivity index (χ4n) is 5.73. The number of nitrogens with zero attached hydrogens (tertiary/aromatic N) is 4. The van der Waals surface area contributed by atoms with Crippen molar-refractivity contribution in [2.45, 2.75) is 57.5 Å². The van der Waals surface area contributed by atoms with Crippen LogP contribution in [-0.2, 0) is 9.59 Å². The van der Waals surface area contributed by atoms with Crippen LogP contribution in [0, 0.1) is 12.8 Å². The lowest BCUT2D eigenvalue weighted by Crippen LogP contribution is -2.54. The summed E-state index contributed by atoms with van der Waals surface area (Å²) < 4.78 is 2.06. The number of aryl methyl sites for hydroxylation is 1. The second-order valence-electron chi connectivity index (χ2n) is 10.6. The summed E-state index contributed by atoms with van der Waals surface area (Å²) >= 11 is 0. The maximum atomic E-state index is 13.0. The summed E-state index contributed by atoms with van der Waals surface area (Å²) in [7, 11) is 0. The molecule has 10 nitrogen and oxygen atoms in total. The van der Waals surface area contributed by atoms with Gasteiger partial charge in [0.1, 0.15) is 6.04 Å². The van der Waals surface area contributed by atoms with Crippen LogP contribution in [0.25, 0.3) is 11.3 Å². The molecule has 0 spiro atoms. The van der Waals surface area contributed by atoms with Crippen molar-refractivity contribution in [3.05, 3.63) is 65.6 Å². The predicted octanol–water partition coefficient (Wildman–Crippen LogP) is 3.50. The number of aromatic nitrogens is 3. The number of piperidine rings is 1. The van der Waals surface area contributed by atoms with E-state index in [1.54, 1.807) is 18.2 Å². The van der Waals surface area contributed by atoms with Crippen LogP contribution < -0.4 is 10.6 Å². The van der Waals surface area contributed by atoms with Gasteiger partial charge in [-0.15, -0.1) is 0 Å². The monoisotopic (exact) mass is 526 g/mol. The molecule has 2 fully saturated rings. The quantitative estimate of drug-likeness (QED) is 0.340. The lowest BCUT2D eigenvalue weighted by Gasteiger charge is -2.35. The number of hydrogen-bond acceptors (Lipinski definition) is 7. The summed E-state index contributed by atoms with van der Waals surface area (Å²) in [5, 5.41) is 10.1. The minimum atomic E-state index is -0.953. The Morgan fingerprint density at radius 3 is 2.67 bits per heavy atom. The average Bonchev–Trinajstić information content (AvgIpc) is 3.46. The van der Waals surface area contributed by atoms with E-state index in [2.05, 4.69) is 31.6 Å². The van der Waals surface area contributed by atoms with E-state index in [1.807, 2.05) is 31.3 Å². The molecule has 10 heteroatoms. The van der Waals surface area contributed by atoms with Crippen LogP contribution in [0.4, 0.5) is 5.69 Å². The van der Waals surface area contributed by atoms with Gasteiger partial charge in [0.15, 0.2) is 0 Å². The Morgan fingerprint density at radius 1 is 1.05 bits per heavy atom. The van der Waals surface area contributed by atoms with E-state index in [0.29, 0.717) is 12.0 Å². The maximum absolute atomic E-state index is 13.0. The molecular formula is C29H30N6O4. The molecule has 0 radical (unpaired) electrons. The third kappa shape index (κ3) is 4.82. The first-order valence-corrected chi connectivity index (χ1v) is 13.4. The molecular weight excluding hydrogens is 496 g/mol. The third-order valence-electron chi connectivity index (χ3n) is 7.93. The van der Waals surface area contributed by atoms with E-state index in [-0.39, 0.29) is 29.9 Å². The molecule has 3 aromatic rings. The molecule has 2 aliphatic heterocycles. The molecule has 4 amide bonds. The van der Waals surface area contributed by atoms with Crippen LogP contribution in [0.2, 0.25) is 0 Å². The first-order valence-electron chi connectivity index (χ1n) is 13.4. The standard InChI is InChI=1S/C29H30N6O4/c1-17-4-2-6-24(32-17)19-15-31-34(16-19)21-12-18(13-21)5-3-11-30-20-7-8-22-23(14-20)29(39)35(28(22)38)25-9-10-26(36)33-27(25)37/h2,4,6-8,14-16,18,21,25,30H,3,5,9-13H2,1H3,(H,33,36,37)/t18-,21-,25?. The number of anilines is 1. The molecule has 1 unspecified atom stereocenters. The first-order chi connectivity index (χ1) is 18.9. The van der Waals surface area contributed by atoms with Crippen molar-refractivity contribution < 1.29 is 19.2 Å². The van der Waals surface area contributed by atoms with E-state index in [1.165, 1.54) is 0 Å². The van der Waals surface area contributed by atoms with E-state index in [9.17, 15) is 19.2 Å². The van der Waals surface area contributed by atoms with Gasteiger partial charge >= 0.3 is 0 Å². The van der Waals surface area contributed by atoms with E-state index in [0.717, 1.165) is 59.8 Å². The van der Waals surface area contributed by atoms with Crippen LogP contribution in [-0.4, -0.2) is 55.9 Å². The maximum Gasteiger partial charge on any atom is 0.262 e. The summed E-state index contributed by atoms with van der Waals surface area (Å²) in [5.74, 6) is -1.32. The summed E-state index contributed by atoms with van der Waals surface area (Å²) in [6.45, 7) is 2.74. The zero-order valence-corrected chi connectivity index (χ0v) is 21.7. The van der Waals surface area contributed by atoms with Crippen LogP contribution in [0.1, 0.15) is 71.0 Å². The molecule has 1 aromatic carbocycles. The van der Waals surface area contributed by atoms with Gasteiger partial charge in [-0.25, -0.2) is 0 Å². The highest BCUT2D eigenvalue weighted by atomic mass is 16.2. The number of fused-ring (bicyclic) bond motifs is 1. The predicted molar refractivity (Wildman–Crippen MR) is 143 cm³/mol. The van der Waals surface area contributed by atoms with E-state index in [4.69, 9.17) is 0 Å². The van der Waals surface area contributed by atoms with Crippen LogP contribution in [0.15, 0.2) is 48.8 Å². The van der Waals surface area contributed by atoms with Crippen molar-refractivity contribution in [3.63, 3.8) is 0 Å². The number of amides is 4. The van der Waals surface area contributed by atoms with Gasteiger partial charge < -0.3 is 5.32 Å². The van der Waals surface area contributed by atoms with E-state index < -0.39 is 23.8 Å². The van der Waals surface area contributed by atoms with Crippen molar-refractivity contribution in [2.75, 3.05) is 11.9 Å². The first kappa shape index (κ1) is 25.0. The van der Waals surface area contributed by atoms with Gasteiger partial charge in [-0.1, -0.05) is 6.07 Å². The summed E-state index contributed by atoms with van der Waals surface area (Å²) in [6, 6.07) is 10.6. The molecule has 39 heavy (non-hydrogen) atoms. The van der Waals surface area contributed by atoms with Crippen molar-refractivity contribution in [1.29, 1.82) is 0 Å². The molecule has 1 saturated carbocycles. The van der Waals surface area contributed by atoms with E-state index >= 15 is 0 Å². The second kappa shape index (κ2) is 10.1. The molecule has 4 heterocycles. The SMILES string of the molecule is Cc1cccc(-c2cnn([C@H]3C[C@H](CCCNc4ccc5c(c4)C(=O)N(C4CCC(=O)NC4=O)C5=O)C3)c2)n1. The van der Waals surface area contributed by atoms with Crippen molar-refractivity contribution >= 4 is 29.3 Å². The smallest absolute Gasteiger partial charge is 0.262 e. The summed E-state index contributed by atoms with van der Waals surface area (Å²) in [4.78, 5) is 55.1. The molecule has 200 valence electrons. The van der Waals surface area contributed by atoms with Gasteiger partial charge in [-0.2, -0.15) is 5.10 Å². The van der Waals surface area contributed by atoms with Crippen LogP contribution in [0.3, 0.4) is 0 Å². The number of nitrogens with one attached hydrogen (secondary N) is 2. The number of carbonyl (C=O) groups excluding carboxylic acids is 4. The van der Waals surface area contributed by atoms with Crippen LogP contribution >= 0.6 is 0 Å². The normalized spacial score (nSPS) is 22.5. The van der Waals surface area contributed by atoms with Gasteiger partial charge in [0.05, 0.1) is 29.1 Å². The number of carbonyl (C=O) groups is 4. The number of rotatable bonds is 8. The highest BCUT2D eigenvalue weighted by Crippen LogP contribution is 2.40. The fraction of sp³-hybridized carbons (Fsp3) is 0.379. The lowest BCUT2D eigenvalue weighted by molar-refractivity contribution is -0.136. The fourth-order valence-corrected chi connectivity index (χ4v) is 5.73. The number of pyridine rings is 1. The molecule has 2 N–H and O–H groups in total. The Balaban J connectivity index is 0.975. The largest absolute Gasteiger partial charge is 0.385 e. The Labute approximate surface area is 225 Å². The molecule has 1 aliphatic carbocycles. The highest BCUT2D eigenvalue weighted by molar-refractivity contribution is 6.23. The van der Waals surface area contributed by atoms with Crippen molar-refractivity contribution in [3.8, 4) is 11.3 Å².